The summed E-state index contributed by atoms with van der Waals surface area (Å²) in [6, 6.07) is 6.45. The molecule has 1 aromatic heterocycles. The Morgan fingerprint density at radius 3 is 2.79 bits per heavy atom. The van der Waals surface area contributed by atoms with Gasteiger partial charge >= 0.3 is 0 Å². The predicted octanol–water partition coefficient (Wildman–Crippen LogP) is 1.96. The van der Waals surface area contributed by atoms with Crippen LogP contribution in [0.5, 0.6) is 0 Å². The molecule has 7 heteroatoms. The van der Waals surface area contributed by atoms with Crippen LogP contribution in [0.15, 0.2) is 24.3 Å². The van der Waals surface area contributed by atoms with Gasteiger partial charge in [-0.2, -0.15) is 0 Å². The molecule has 1 aliphatic rings. The molecule has 2 aromatic rings. The first kappa shape index (κ1) is 16.6. The third kappa shape index (κ3) is 3.03. The molecule has 1 amide bonds. The molecule has 2 heterocycles. The fourth-order valence-corrected chi connectivity index (χ4v) is 2.86. The SMILES string of the molecule is CC(C)c1nc(C(=O)N2CCNC[C@@H]2C)nn1-c1ccccc1F. The van der Waals surface area contributed by atoms with Gasteiger partial charge in [0.2, 0.25) is 5.82 Å². The van der Waals surface area contributed by atoms with E-state index in [0.29, 0.717) is 18.1 Å². The van der Waals surface area contributed by atoms with E-state index in [9.17, 15) is 9.18 Å². The van der Waals surface area contributed by atoms with E-state index in [1.54, 1.807) is 23.1 Å². The van der Waals surface area contributed by atoms with E-state index in [1.807, 2.05) is 20.8 Å². The number of hydrogen-bond acceptors (Lipinski definition) is 4. The van der Waals surface area contributed by atoms with E-state index in [4.69, 9.17) is 0 Å². The average molecular weight is 331 g/mol. The summed E-state index contributed by atoms with van der Waals surface area (Å²) in [5.41, 5.74) is 0.307. The van der Waals surface area contributed by atoms with Crippen molar-refractivity contribution in [1.82, 2.24) is 25.0 Å². The highest BCUT2D eigenvalue weighted by Crippen LogP contribution is 2.20. The van der Waals surface area contributed by atoms with Crippen molar-refractivity contribution >= 4 is 5.91 Å². The van der Waals surface area contributed by atoms with E-state index in [1.165, 1.54) is 10.7 Å². The monoisotopic (exact) mass is 331 g/mol. The maximum absolute atomic E-state index is 14.2. The van der Waals surface area contributed by atoms with Gasteiger partial charge in [-0.05, 0) is 19.1 Å². The van der Waals surface area contributed by atoms with Gasteiger partial charge in [0.05, 0.1) is 0 Å². The van der Waals surface area contributed by atoms with E-state index in [-0.39, 0.29) is 29.5 Å². The molecule has 1 aromatic carbocycles. The highest BCUT2D eigenvalue weighted by Gasteiger charge is 2.28. The zero-order valence-corrected chi connectivity index (χ0v) is 14.2. The topological polar surface area (TPSA) is 63.1 Å². The van der Waals surface area contributed by atoms with E-state index < -0.39 is 0 Å². The molecular weight excluding hydrogens is 309 g/mol. The van der Waals surface area contributed by atoms with Crippen LogP contribution in [0.25, 0.3) is 5.69 Å². The first-order chi connectivity index (χ1) is 11.5. The molecule has 0 bridgehead atoms. The molecule has 1 atom stereocenters. The molecule has 3 rings (SSSR count). The number of nitrogens with zero attached hydrogens (tertiary/aromatic N) is 4. The largest absolute Gasteiger partial charge is 0.331 e. The summed E-state index contributed by atoms with van der Waals surface area (Å²) >= 11 is 0. The number of carbonyl (C=O) groups excluding carboxylic acids is 1. The number of carbonyl (C=O) groups is 1. The quantitative estimate of drug-likeness (QED) is 0.934. The van der Waals surface area contributed by atoms with Crippen LogP contribution in [0.3, 0.4) is 0 Å². The summed E-state index contributed by atoms with van der Waals surface area (Å²) in [6.07, 6.45) is 0. The molecule has 24 heavy (non-hydrogen) atoms. The maximum Gasteiger partial charge on any atom is 0.293 e. The van der Waals surface area contributed by atoms with Crippen LogP contribution < -0.4 is 5.32 Å². The Hall–Kier alpha value is -2.28. The first-order valence-electron chi connectivity index (χ1n) is 8.22. The molecular formula is C17H22FN5O. The molecule has 1 N–H and O–H groups in total. The van der Waals surface area contributed by atoms with Crippen molar-refractivity contribution < 1.29 is 9.18 Å². The number of rotatable bonds is 3. The standard InChI is InChI=1S/C17H22FN5O/c1-11(2)16-20-15(17(24)22-9-8-19-10-12(22)3)21-23(16)14-7-5-4-6-13(14)18/h4-7,11-12,19H,8-10H2,1-3H3/t12-/m0/s1. The normalized spacial score (nSPS) is 18.2. The lowest BCUT2D eigenvalue weighted by molar-refractivity contribution is 0.0643. The smallest absolute Gasteiger partial charge is 0.293 e. The van der Waals surface area contributed by atoms with Crippen molar-refractivity contribution in [2.75, 3.05) is 19.6 Å². The number of hydrogen-bond donors (Lipinski definition) is 1. The van der Waals surface area contributed by atoms with Crippen LogP contribution >= 0.6 is 0 Å². The van der Waals surface area contributed by atoms with Gasteiger partial charge < -0.3 is 10.2 Å². The van der Waals surface area contributed by atoms with Crippen LogP contribution in [-0.4, -0.2) is 51.2 Å². The third-order valence-electron chi connectivity index (χ3n) is 4.18. The molecule has 0 unspecified atom stereocenters. The Bertz CT molecular complexity index is 742. The second-order valence-corrected chi connectivity index (χ2v) is 6.36. The Morgan fingerprint density at radius 1 is 1.38 bits per heavy atom. The second-order valence-electron chi connectivity index (χ2n) is 6.36. The number of nitrogens with one attached hydrogen (secondary N) is 1. The van der Waals surface area contributed by atoms with Gasteiger partial charge in [0.15, 0.2) is 0 Å². The number of piperazine rings is 1. The first-order valence-corrected chi connectivity index (χ1v) is 8.22. The number of aromatic nitrogens is 3. The van der Waals surface area contributed by atoms with E-state index in [2.05, 4.69) is 15.4 Å². The van der Waals surface area contributed by atoms with Gasteiger partial charge in [0.25, 0.3) is 5.91 Å². The van der Waals surface area contributed by atoms with Crippen molar-refractivity contribution in [1.29, 1.82) is 0 Å². The minimum Gasteiger partial charge on any atom is -0.331 e. The molecule has 0 radical (unpaired) electrons. The number of para-hydroxylation sites is 1. The highest BCUT2D eigenvalue weighted by molar-refractivity contribution is 5.90. The summed E-state index contributed by atoms with van der Waals surface area (Å²) in [6.45, 7) is 8.00. The lowest BCUT2D eigenvalue weighted by atomic mass is 10.2. The Morgan fingerprint density at radius 2 is 2.12 bits per heavy atom. The third-order valence-corrected chi connectivity index (χ3v) is 4.18. The summed E-state index contributed by atoms with van der Waals surface area (Å²) in [5.74, 6) is 0.112. The molecule has 1 fully saturated rings. The van der Waals surface area contributed by atoms with Crippen molar-refractivity contribution in [3.05, 3.63) is 41.7 Å². The van der Waals surface area contributed by atoms with E-state index >= 15 is 0 Å². The van der Waals surface area contributed by atoms with Crippen molar-refractivity contribution in [2.24, 2.45) is 0 Å². The lowest BCUT2D eigenvalue weighted by Crippen LogP contribution is -2.52. The van der Waals surface area contributed by atoms with Gasteiger partial charge in [0.1, 0.15) is 17.3 Å². The Kier molecular flexibility index (Phi) is 4.62. The lowest BCUT2D eigenvalue weighted by Gasteiger charge is -2.33. The molecule has 1 saturated heterocycles. The maximum atomic E-state index is 14.2. The summed E-state index contributed by atoms with van der Waals surface area (Å²) in [4.78, 5) is 19.0. The Labute approximate surface area is 140 Å². The van der Waals surface area contributed by atoms with Gasteiger partial charge in [-0.15, -0.1) is 5.10 Å². The second kappa shape index (κ2) is 6.68. The molecule has 0 saturated carbocycles. The zero-order chi connectivity index (χ0) is 17.3. The van der Waals surface area contributed by atoms with Crippen molar-refractivity contribution in [3.63, 3.8) is 0 Å². The molecule has 0 aliphatic carbocycles. The summed E-state index contributed by atoms with van der Waals surface area (Å²) in [5, 5.41) is 7.58. The van der Waals surface area contributed by atoms with Crippen LogP contribution in [0, 0.1) is 5.82 Å². The molecule has 0 spiro atoms. The van der Waals surface area contributed by atoms with Gasteiger partial charge in [-0.25, -0.2) is 14.1 Å². The number of halogens is 1. The van der Waals surface area contributed by atoms with Crippen LogP contribution in [0.4, 0.5) is 4.39 Å². The fraction of sp³-hybridized carbons (Fsp3) is 0.471. The summed E-state index contributed by atoms with van der Waals surface area (Å²) < 4.78 is 15.6. The van der Waals surface area contributed by atoms with Gasteiger partial charge in [0, 0.05) is 31.6 Å². The molecule has 128 valence electrons. The van der Waals surface area contributed by atoms with Gasteiger partial charge in [-0.1, -0.05) is 26.0 Å². The zero-order valence-electron chi connectivity index (χ0n) is 14.2. The number of amides is 1. The molecule has 6 nitrogen and oxygen atoms in total. The fourth-order valence-electron chi connectivity index (χ4n) is 2.86. The van der Waals surface area contributed by atoms with Crippen molar-refractivity contribution in [2.45, 2.75) is 32.7 Å². The minimum atomic E-state index is -0.390. The van der Waals surface area contributed by atoms with Crippen LogP contribution in [0.2, 0.25) is 0 Å². The van der Waals surface area contributed by atoms with E-state index in [0.717, 1.165) is 13.1 Å². The molecule has 1 aliphatic heterocycles. The van der Waals surface area contributed by atoms with Crippen LogP contribution in [-0.2, 0) is 0 Å². The summed E-state index contributed by atoms with van der Waals surface area (Å²) in [7, 11) is 0. The van der Waals surface area contributed by atoms with Gasteiger partial charge in [-0.3, -0.25) is 4.79 Å². The predicted molar refractivity (Wildman–Crippen MR) is 88.8 cm³/mol. The average Bonchev–Trinajstić information content (AvgIpc) is 3.00. The number of benzene rings is 1. The highest BCUT2D eigenvalue weighted by atomic mass is 19.1. The minimum absolute atomic E-state index is 0.0131. The van der Waals surface area contributed by atoms with Crippen molar-refractivity contribution in [3.8, 4) is 5.69 Å². The van der Waals surface area contributed by atoms with Crippen LogP contribution in [0.1, 0.15) is 43.1 Å². The Balaban J connectivity index is 2.00.